The van der Waals surface area contributed by atoms with Crippen LogP contribution in [0.5, 0.6) is 0 Å². The summed E-state index contributed by atoms with van der Waals surface area (Å²) in [5.41, 5.74) is 0.863. The molecule has 0 aliphatic heterocycles. The lowest BCUT2D eigenvalue weighted by molar-refractivity contribution is -0.144. The Morgan fingerprint density at radius 2 is 1.94 bits per heavy atom. The molecule has 0 saturated heterocycles. The Morgan fingerprint density at radius 1 is 1.33 bits per heavy atom. The molecule has 0 bridgehead atoms. The van der Waals surface area contributed by atoms with Crippen molar-refractivity contribution in [2.45, 2.75) is 33.7 Å². The zero-order valence-electron chi connectivity index (χ0n) is 11.2. The molecule has 0 radical (unpaired) electrons. The molecule has 6 nitrogen and oxygen atoms in total. The van der Waals surface area contributed by atoms with Gasteiger partial charge in [-0.2, -0.15) is 0 Å². The molecular weight excluding hydrogens is 236 g/mol. The highest BCUT2D eigenvalue weighted by Crippen LogP contribution is 2.13. The van der Waals surface area contributed by atoms with Crippen molar-refractivity contribution in [3.63, 3.8) is 0 Å². The number of carbonyl (C=O) groups excluding carboxylic acids is 2. The summed E-state index contributed by atoms with van der Waals surface area (Å²) in [5, 5.41) is 6.34. The average Bonchev–Trinajstić information content (AvgIpc) is 2.64. The fourth-order valence-electron chi connectivity index (χ4n) is 1.65. The molecule has 1 atom stereocenters. The first-order valence-electron chi connectivity index (χ1n) is 5.70. The van der Waals surface area contributed by atoms with Crippen molar-refractivity contribution >= 4 is 11.9 Å². The number of hydrogen-bond donors (Lipinski definition) is 1. The highest BCUT2D eigenvalue weighted by atomic mass is 16.5. The highest BCUT2D eigenvalue weighted by Gasteiger charge is 2.27. The molecule has 0 aliphatic rings. The summed E-state index contributed by atoms with van der Waals surface area (Å²) in [6.45, 7) is 6.98. The molecule has 0 saturated carbocycles. The predicted molar refractivity (Wildman–Crippen MR) is 64.1 cm³/mol. The second-order valence-corrected chi connectivity index (χ2v) is 4.42. The van der Waals surface area contributed by atoms with Crippen molar-refractivity contribution in [2.75, 3.05) is 7.11 Å². The summed E-state index contributed by atoms with van der Waals surface area (Å²) in [5.74, 6) is -0.486. The van der Waals surface area contributed by atoms with Crippen LogP contribution in [0.25, 0.3) is 0 Å². The number of aromatic nitrogens is 1. The molecule has 0 unspecified atom stereocenters. The second kappa shape index (κ2) is 5.66. The maximum Gasteiger partial charge on any atom is 0.328 e. The van der Waals surface area contributed by atoms with Gasteiger partial charge in [0.25, 0.3) is 5.91 Å². The third-order valence-electron chi connectivity index (χ3n) is 2.67. The van der Waals surface area contributed by atoms with Crippen LogP contribution < -0.4 is 5.32 Å². The maximum atomic E-state index is 12.1. The van der Waals surface area contributed by atoms with Crippen molar-refractivity contribution in [3.05, 3.63) is 17.0 Å². The molecule has 0 aromatic carbocycles. The zero-order chi connectivity index (χ0) is 13.9. The fraction of sp³-hybridized carbons (Fsp3) is 0.583. The minimum Gasteiger partial charge on any atom is -0.467 e. The van der Waals surface area contributed by atoms with E-state index in [2.05, 4.69) is 15.2 Å². The van der Waals surface area contributed by atoms with Crippen molar-refractivity contribution in [3.8, 4) is 0 Å². The summed E-state index contributed by atoms with van der Waals surface area (Å²) < 4.78 is 9.58. The quantitative estimate of drug-likeness (QED) is 0.817. The van der Waals surface area contributed by atoms with Gasteiger partial charge in [-0.25, -0.2) is 4.79 Å². The Balaban J connectivity index is 2.89. The van der Waals surface area contributed by atoms with Gasteiger partial charge < -0.3 is 14.6 Å². The summed E-state index contributed by atoms with van der Waals surface area (Å²) >= 11 is 0. The number of nitrogens with one attached hydrogen (secondary N) is 1. The van der Waals surface area contributed by atoms with Gasteiger partial charge in [0.2, 0.25) is 0 Å². The number of methoxy groups -OCH3 is 1. The number of nitrogens with zero attached hydrogens (tertiary/aromatic N) is 1. The van der Waals surface area contributed by atoms with Gasteiger partial charge >= 0.3 is 5.97 Å². The summed E-state index contributed by atoms with van der Waals surface area (Å²) in [4.78, 5) is 23.6. The van der Waals surface area contributed by atoms with Crippen LogP contribution in [0.15, 0.2) is 4.52 Å². The first-order chi connectivity index (χ1) is 8.38. The standard InChI is InChI=1S/C12H18N2O4/c1-6(2)10(12(16)17-5)13-11(15)9-7(3)14-18-8(9)4/h6,10H,1-5H3,(H,13,15)/t10-/m0/s1. The molecule has 100 valence electrons. The lowest BCUT2D eigenvalue weighted by Gasteiger charge is -2.19. The van der Waals surface area contributed by atoms with Gasteiger partial charge in [-0.3, -0.25) is 4.79 Å². The molecule has 0 fully saturated rings. The zero-order valence-corrected chi connectivity index (χ0v) is 11.2. The van der Waals surface area contributed by atoms with Crippen LogP contribution in [0, 0.1) is 19.8 Å². The molecule has 6 heteroatoms. The van der Waals surface area contributed by atoms with Crippen molar-refractivity contribution in [1.29, 1.82) is 0 Å². The monoisotopic (exact) mass is 254 g/mol. The topological polar surface area (TPSA) is 81.4 Å². The Bertz CT molecular complexity index is 431. The molecule has 1 amide bonds. The van der Waals surface area contributed by atoms with Crippen molar-refractivity contribution < 1.29 is 18.8 Å². The Labute approximate surface area is 106 Å². The van der Waals surface area contributed by atoms with E-state index in [1.165, 1.54) is 7.11 Å². The molecule has 1 heterocycles. The van der Waals surface area contributed by atoms with Gasteiger partial charge in [-0.05, 0) is 19.8 Å². The Morgan fingerprint density at radius 3 is 2.33 bits per heavy atom. The molecular formula is C12H18N2O4. The summed E-state index contributed by atoms with van der Waals surface area (Å²) in [7, 11) is 1.29. The van der Waals surface area contributed by atoms with Crippen LogP contribution in [0.3, 0.4) is 0 Å². The van der Waals surface area contributed by atoms with Gasteiger partial charge in [-0.15, -0.1) is 0 Å². The minimum atomic E-state index is -0.684. The van der Waals surface area contributed by atoms with Crippen LogP contribution in [0.2, 0.25) is 0 Å². The number of hydrogen-bond acceptors (Lipinski definition) is 5. The second-order valence-electron chi connectivity index (χ2n) is 4.42. The first-order valence-corrected chi connectivity index (χ1v) is 5.70. The highest BCUT2D eigenvalue weighted by molar-refractivity contribution is 5.98. The van der Waals surface area contributed by atoms with E-state index in [0.717, 1.165) is 0 Å². The largest absolute Gasteiger partial charge is 0.467 e. The van der Waals surface area contributed by atoms with E-state index in [1.54, 1.807) is 13.8 Å². The molecule has 1 aromatic rings. The third kappa shape index (κ3) is 2.88. The predicted octanol–water partition coefficient (Wildman–Crippen LogP) is 1.22. The van der Waals surface area contributed by atoms with E-state index in [0.29, 0.717) is 17.0 Å². The van der Waals surface area contributed by atoms with Gasteiger partial charge in [0.05, 0.1) is 12.8 Å². The summed E-state index contributed by atoms with van der Waals surface area (Å²) in [6, 6.07) is -0.684. The SMILES string of the molecule is COC(=O)[C@@H](NC(=O)c1c(C)noc1C)C(C)C. The fourth-order valence-corrected chi connectivity index (χ4v) is 1.65. The van der Waals surface area contributed by atoms with Crippen LogP contribution in [0.1, 0.15) is 35.7 Å². The molecule has 1 N–H and O–H groups in total. The Hall–Kier alpha value is -1.85. The van der Waals surface area contributed by atoms with Gasteiger partial charge in [0.15, 0.2) is 0 Å². The van der Waals surface area contributed by atoms with Gasteiger partial charge in [0.1, 0.15) is 17.4 Å². The normalized spacial score (nSPS) is 12.3. The lowest BCUT2D eigenvalue weighted by Crippen LogP contribution is -2.45. The Kier molecular flexibility index (Phi) is 4.47. The van der Waals surface area contributed by atoms with Gasteiger partial charge in [-0.1, -0.05) is 19.0 Å². The van der Waals surface area contributed by atoms with Crippen LogP contribution in [-0.2, 0) is 9.53 Å². The number of esters is 1. The van der Waals surface area contributed by atoms with E-state index in [-0.39, 0.29) is 11.8 Å². The number of carbonyl (C=O) groups is 2. The van der Waals surface area contributed by atoms with Gasteiger partial charge in [0, 0.05) is 0 Å². The lowest BCUT2D eigenvalue weighted by atomic mass is 10.0. The average molecular weight is 254 g/mol. The molecule has 1 aromatic heterocycles. The summed E-state index contributed by atoms with van der Waals surface area (Å²) in [6.07, 6.45) is 0. The van der Waals surface area contributed by atoms with Crippen molar-refractivity contribution in [1.82, 2.24) is 10.5 Å². The number of ether oxygens (including phenoxy) is 1. The van der Waals surface area contributed by atoms with Crippen molar-refractivity contribution in [2.24, 2.45) is 5.92 Å². The number of rotatable bonds is 4. The van der Waals surface area contributed by atoms with E-state index in [1.807, 2.05) is 13.8 Å². The van der Waals surface area contributed by atoms with Crippen LogP contribution in [0.4, 0.5) is 0 Å². The van der Waals surface area contributed by atoms with E-state index in [4.69, 9.17) is 4.52 Å². The van der Waals surface area contributed by atoms with E-state index >= 15 is 0 Å². The van der Waals surface area contributed by atoms with E-state index in [9.17, 15) is 9.59 Å². The van der Waals surface area contributed by atoms with E-state index < -0.39 is 12.0 Å². The first kappa shape index (κ1) is 14.2. The smallest absolute Gasteiger partial charge is 0.328 e. The van der Waals surface area contributed by atoms with Crippen LogP contribution in [-0.4, -0.2) is 30.2 Å². The number of aryl methyl sites for hydroxylation is 2. The maximum absolute atomic E-state index is 12.1. The van der Waals surface area contributed by atoms with Crippen LogP contribution >= 0.6 is 0 Å². The molecule has 0 spiro atoms. The third-order valence-corrected chi connectivity index (χ3v) is 2.67. The molecule has 0 aliphatic carbocycles. The molecule has 18 heavy (non-hydrogen) atoms. The number of amides is 1. The molecule has 1 rings (SSSR count). The minimum absolute atomic E-state index is 0.0677.